The molecule has 132 valence electrons. The summed E-state index contributed by atoms with van der Waals surface area (Å²) in [6, 6.07) is 5.22. The average molecular weight is 363 g/mol. The number of guanidine groups is 1. The van der Waals surface area contributed by atoms with Gasteiger partial charge in [-0.1, -0.05) is 17.7 Å². The Morgan fingerprint density at radius 1 is 1.40 bits per heavy atom. The van der Waals surface area contributed by atoms with Crippen molar-refractivity contribution < 1.29 is 4.39 Å². The number of fused-ring (bicyclic) bond motifs is 1. The van der Waals surface area contributed by atoms with Crippen LogP contribution in [0.25, 0.3) is 0 Å². The molecule has 3 unspecified atom stereocenters. The van der Waals surface area contributed by atoms with E-state index >= 15 is 0 Å². The third-order valence-electron chi connectivity index (χ3n) is 4.85. The van der Waals surface area contributed by atoms with Crippen LogP contribution in [-0.2, 0) is 13.0 Å². The molecule has 1 fully saturated rings. The summed E-state index contributed by atoms with van der Waals surface area (Å²) in [4.78, 5) is 8.54. The maximum Gasteiger partial charge on any atom is 0.191 e. The number of hydrogen-bond donors (Lipinski definition) is 2. The highest BCUT2D eigenvalue weighted by Gasteiger charge is 2.42. The van der Waals surface area contributed by atoms with Gasteiger partial charge in [0.15, 0.2) is 5.96 Å². The van der Waals surface area contributed by atoms with E-state index in [0.717, 1.165) is 37.6 Å². The minimum atomic E-state index is -0.240. The Bertz CT molecular complexity index is 784. The van der Waals surface area contributed by atoms with E-state index in [1.165, 1.54) is 6.07 Å². The molecule has 3 atom stereocenters. The number of rotatable bonds is 3. The van der Waals surface area contributed by atoms with Gasteiger partial charge in [0.05, 0.1) is 6.54 Å². The van der Waals surface area contributed by atoms with Crippen LogP contribution in [0, 0.1) is 5.82 Å². The predicted molar refractivity (Wildman–Crippen MR) is 94.3 cm³/mol. The van der Waals surface area contributed by atoms with Crippen molar-refractivity contribution in [3.63, 3.8) is 0 Å². The molecule has 1 aliphatic heterocycles. The van der Waals surface area contributed by atoms with Crippen molar-refractivity contribution in [2.45, 2.75) is 43.8 Å². The second-order valence-corrected chi connectivity index (χ2v) is 6.95. The molecule has 0 saturated heterocycles. The standard InChI is InChI=1S/C17H20ClFN6/c1-20-17(23-10-5-6-15-21-9-22-25(15)8-10)24-14-7-11(14)16-12(18)3-2-4-13(16)19/h2-4,9-11,14H,5-8H2,1H3,(H2,20,23,24). The summed E-state index contributed by atoms with van der Waals surface area (Å²) in [5, 5.41) is 11.5. The van der Waals surface area contributed by atoms with E-state index < -0.39 is 0 Å². The monoisotopic (exact) mass is 362 g/mol. The third kappa shape index (κ3) is 3.33. The highest BCUT2D eigenvalue weighted by molar-refractivity contribution is 6.31. The zero-order valence-electron chi connectivity index (χ0n) is 13.9. The Kier molecular flexibility index (Phi) is 4.33. The van der Waals surface area contributed by atoms with Gasteiger partial charge in [0.2, 0.25) is 0 Å². The van der Waals surface area contributed by atoms with E-state index in [4.69, 9.17) is 11.6 Å². The first-order valence-electron chi connectivity index (χ1n) is 8.46. The smallest absolute Gasteiger partial charge is 0.191 e. The topological polar surface area (TPSA) is 67.1 Å². The van der Waals surface area contributed by atoms with Gasteiger partial charge in [-0.25, -0.2) is 14.1 Å². The number of nitrogens with one attached hydrogen (secondary N) is 2. The van der Waals surface area contributed by atoms with Gasteiger partial charge in [0.1, 0.15) is 18.0 Å². The molecule has 6 nitrogen and oxygen atoms in total. The van der Waals surface area contributed by atoms with Crippen molar-refractivity contribution in [2.24, 2.45) is 4.99 Å². The van der Waals surface area contributed by atoms with E-state index in [1.54, 1.807) is 25.5 Å². The van der Waals surface area contributed by atoms with Crippen molar-refractivity contribution in [1.29, 1.82) is 0 Å². The number of aromatic nitrogens is 3. The van der Waals surface area contributed by atoms with Gasteiger partial charge in [0.25, 0.3) is 0 Å². The van der Waals surface area contributed by atoms with E-state index in [1.807, 2.05) is 4.68 Å². The molecule has 2 aliphatic rings. The molecule has 1 aromatic carbocycles. The zero-order valence-corrected chi connectivity index (χ0v) is 14.7. The highest BCUT2D eigenvalue weighted by atomic mass is 35.5. The summed E-state index contributed by atoms with van der Waals surface area (Å²) in [6.45, 7) is 0.767. The summed E-state index contributed by atoms with van der Waals surface area (Å²) in [7, 11) is 1.74. The summed E-state index contributed by atoms with van der Waals surface area (Å²) < 4.78 is 16.0. The van der Waals surface area contributed by atoms with Crippen LogP contribution in [0.4, 0.5) is 4.39 Å². The Balaban J connectivity index is 1.36. The molecule has 4 rings (SSSR count). The Hall–Kier alpha value is -2.15. The first kappa shape index (κ1) is 16.3. The lowest BCUT2D eigenvalue weighted by molar-refractivity contribution is 0.392. The van der Waals surface area contributed by atoms with Gasteiger partial charge in [-0.2, -0.15) is 5.10 Å². The maximum absolute atomic E-state index is 14.0. The minimum Gasteiger partial charge on any atom is -0.353 e. The minimum absolute atomic E-state index is 0.0838. The van der Waals surface area contributed by atoms with Crippen molar-refractivity contribution in [2.75, 3.05) is 7.05 Å². The number of aryl methyl sites for hydroxylation is 1. The number of nitrogens with zero attached hydrogens (tertiary/aromatic N) is 4. The SMILES string of the molecule is CN=C(NC1CCc2ncnn2C1)NC1CC1c1c(F)cccc1Cl. The number of hydrogen-bond acceptors (Lipinski definition) is 3. The molecule has 0 bridgehead atoms. The highest BCUT2D eigenvalue weighted by Crippen LogP contribution is 2.44. The molecule has 1 aliphatic carbocycles. The van der Waals surface area contributed by atoms with Crippen molar-refractivity contribution in [3.8, 4) is 0 Å². The fourth-order valence-corrected chi connectivity index (χ4v) is 3.74. The van der Waals surface area contributed by atoms with Crippen molar-refractivity contribution in [3.05, 3.63) is 46.8 Å². The number of halogens is 2. The molecule has 2 aromatic rings. The van der Waals surface area contributed by atoms with Crippen LogP contribution in [0.1, 0.15) is 30.1 Å². The molecule has 0 radical (unpaired) electrons. The summed E-state index contributed by atoms with van der Waals surface area (Å²) in [5.41, 5.74) is 0.599. The normalized spacial score (nSPS) is 25.4. The second kappa shape index (κ2) is 6.63. The van der Waals surface area contributed by atoms with Gasteiger partial charge in [0, 0.05) is 42.1 Å². The zero-order chi connectivity index (χ0) is 17.4. The van der Waals surface area contributed by atoms with Gasteiger partial charge in [-0.15, -0.1) is 0 Å². The predicted octanol–water partition coefficient (Wildman–Crippen LogP) is 2.11. The molecule has 0 spiro atoms. The van der Waals surface area contributed by atoms with Gasteiger partial charge in [-0.3, -0.25) is 4.99 Å². The number of aliphatic imine (C=N–C) groups is 1. The molecule has 1 saturated carbocycles. The average Bonchev–Trinajstić information content (AvgIpc) is 3.17. The summed E-state index contributed by atoms with van der Waals surface area (Å²) >= 11 is 6.16. The van der Waals surface area contributed by atoms with Crippen LogP contribution in [0.5, 0.6) is 0 Å². The Morgan fingerprint density at radius 3 is 3.08 bits per heavy atom. The van der Waals surface area contributed by atoms with E-state index in [2.05, 4.69) is 25.7 Å². The van der Waals surface area contributed by atoms with Gasteiger partial charge in [-0.05, 0) is 25.0 Å². The third-order valence-corrected chi connectivity index (χ3v) is 5.18. The van der Waals surface area contributed by atoms with Crippen molar-refractivity contribution >= 4 is 17.6 Å². The molecule has 0 amide bonds. The Morgan fingerprint density at radius 2 is 2.28 bits per heavy atom. The molecule has 1 aromatic heterocycles. The first-order chi connectivity index (χ1) is 12.2. The largest absolute Gasteiger partial charge is 0.353 e. The van der Waals surface area contributed by atoms with Crippen LogP contribution in [0.3, 0.4) is 0 Å². The lowest BCUT2D eigenvalue weighted by Crippen LogP contribution is -2.47. The van der Waals surface area contributed by atoms with Gasteiger partial charge < -0.3 is 10.6 Å². The van der Waals surface area contributed by atoms with E-state index in [9.17, 15) is 4.39 Å². The fourth-order valence-electron chi connectivity index (χ4n) is 3.43. The molecule has 25 heavy (non-hydrogen) atoms. The van der Waals surface area contributed by atoms with Crippen LogP contribution in [0.2, 0.25) is 5.02 Å². The van der Waals surface area contributed by atoms with Crippen LogP contribution in [0.15, 0.2) is 29.5 Å². The lowest BCUT2D eigenvalue weighted by Gasteiger charge is -2.25. The maximum atomic E-state index is 14.0. The molecular formula is C17H20ClFN6. The quantitative estimate of drug-likeness (QED) is 0.648. The van der Waals surface area contributed by atoms with Crippen LogP contribution < -0.4 is 10.6 Å². The fraction of sp³-hybridized carbons (Fsp3) is 0.471. The molecule has 2 N–H and O–H groups in total. The molecule has 2 heterocycles. The number of benzene rings is 1. The summed E-state index contributed by atoms with van der Waals surface area (Å²) in [5.74, 6) is 1.60. The van der Waals surface area contributed by atoms with Crippen molar-refractivity contribution in [1.82, 2.24) is 25.4 Å². The first-order valence-corrected chi connectivity index (χ1v) is 8.84. The van der Waals surface area contributed by atoms with E-state index in [-0.39, 0.29) is 23.8 Å². The van der Waals surface area contributed by atoms with Crippen LogP contribution in [-0.4, -0.2) is 39.9 Å². The summed E-state index contributed by atoms with van der Waals surface area (Å²) in [6.07, 6.45) is 4.31. The Labute approximate surface area is 150 Å². The lowest BCUT2D eigenvalue weighted by atomic mass is 10.1. The van der Waals surface area contributed by atoms with Gasteiger partial charge >= 0.3 is 0 Å². The molecule has 8 heteroatoms. The molecular weight excluding hydrogens is 343 g/mol. The second-order valence-electron chi connectivity index (χ2n) is 6.54. The van der Waals surface area contributed by atoms with E-state index in [0.29, 0.717) is 10.6 Å². The van der Waals surface area contributed by atoms with Crippen LogP contribution >= 0.6 is 11.6 Å².